The van der Waals surface area contributed by atoms with E-state index in [9.17, 15) is 9.90 Å². The number of aliphatic hydroxyl groups is 1. The Balaban J connectivity index is 1.67. The Morgan fingerprint density at radius 1 is 1.38 bits per heavy atom. The Morgan fingerprint density at radius 2 is 2.21 bits per heavy atom. The van der Waals surface area contributed by atoms with Gasteiger partial charge in [-0.2, -0.15) is 0 Å². The summed E-state index contributed by atoms with van der Waals surface area (Å²) >= 11 is 1.52. The molecule has 1 aliphatic heterocycles. The van der Waals surface area contributed by atoms with E-state index in [1.807, 2.05) is 40.6 Å². The lowest BCUT2D eigenvalue weighted by Crippen LogP contribution is -2.49. The molecule has 2 unspecified atom stereocenters. The van der Waals surface area contributed by atoms with Crippen molar-refractivity contribution in [3.8, 4) is 0 Å². The second-order valence-electron chi connectivity index (χ2n) is 5.96. The van der Waals surface area contributed by atoms with Gasteiger partial charge in [0, 0.05) is 23.5 Å². The number of nitrogens with zero attached hydrogens (tertiary/aromatic N) is 1. The number of benzene rings is 1. The molecule has 1 aromatic carbocycles. The van der Waals surface area contributed by atoms with Gasteiger partial charge in [-0.15, -0.1) is 11.3 Å². The topological polar surface area (TPSA) is 75.8 Å². The lowest BCUT2D eigenvalue weighted by molar-refractivity contribution is -0.140. The zero-order chi connectivity index (χ0) is 16.9. The molecule has 2 aromatic rings. The third-order valence-corrected chi connectivity index (χ3v) is 5.29. The highest BCUT2D eigenvalue weighted by molar-refractivity contribution is 7.10. The fourth-order valence-electron chi connectivity index (χ4n) is 2.99. The zero-order valence-electron chi connectivity index (χ0n) is 13.4. The van der Waals surface area contributed by atoms with Crippen LogP contribution in [0.3, 0.4) is 0 Å². The van der Waals surface area contributed by atoms with Crippen molar-refractivity contribution in [3.63, 3.8) is 0 Å². The number of carbonyl (C=O) groups excluding carboxylic acids is 1. The fourth-order valence-corrected chi connectivity index (χ4v) is 3.72. The first-order chi connectivity index (χ1) is 11.6. The van der Waals surface area contributed by atoms with Gasteiger partial charge >= 0.3 is 0 Å². The molecule has 1 fully saturated rings. The minimum Gasteiger partial charge on any atom is -0.398 e. The van der Waals surface area contributed by atoms with E-state index in [1.54, 1.807) is 6.07 Å². The highest BCUT2D eigenvalue weighted by Gasteiger charge is 2.29. The van der Waals surface area contributed by atoms with E-state index in [4.69, 9.17) is 10.5 Å². The van der Waals surface area contributed by atoms with Crippen LogP contribution in [0.5, 0.6) is 0 Å². The van der Waals surface area contributed by atoms with Crippen LogP contribution in [0.1, 0.15) is 23.0 Å². The summed E-state index contributed by atoms with van der Waals surface area (Å²) in [5.74, 6) is 0.0274. The maximum Gasteiger partial charge on any atom is 0.227 e. The van der Waals surface area contributed by atoms with Crippen LogP contribution in [0.2, 0.25) is 0 Å². The van der Waals surface area contributed by atoms with Crippen molar-refractivity contribution in [2.24, 2.45) is 0 Å². The summed E-state index contributed by atoms with van der Waals surface area (Å²) in [6, 6.07) is 11.1. The average Bonchev–Trinajstić information content (AvgIpc) is 3.12. The summed E-state index contributed by atoms with van der Waals surface area (Å²) in [5, 5.41) is 12.3. The van der Waals surface area contributed by atoms with E-state index in [2.05, 4.69) is 0 Å². The smallest absolute Gasteiger partial charge is 0.227 e. The average molecular weight is 346 g/mol. The maximum absolute atomic E-state index is 12.7. The number of hydrogen-bond acceptors (Lipinski definition) is 5. The Hall–Kier alpha value is -1.89. The Bertz CT molecular complexity index is 675. The van der Waals surface area contributed by atoms with E-state index >= 15 is 0 Å². The molecule has 0 saturated carbocycles. The van der Waals surface area contributed by atoms with Crippen molar-refractivity contribution in [1.29, 1.82) is 0 Å². The van der Waals surface area contributed by atoms with Crippen LogP contribution in [0.25, 0.3) is 0 Å². The van der Waals surface area contributed by atoms with Crippen molar-refractivity contribution < 1.29 is 14.6 Å². The van der Waals surface area contributed by atoms with Gasteiger partial charge in [-0.3, -0.25) is 4.79 Å². The number of amides is 1. The van der Waals surface area contributed by atoms with E-state index in [-0.39, 0.29) is 18.4 Å². The molecule has 5 nitrogen and oxygen atoms in total. The quantitative estimate of drug-likeness (QED) is 0.814. The third-order valence-electron chi connectivity index (χ3n) is 4.31. The van der Waals surface area contributed by atoms with E-state index < -0.39 is 6.10 Å². The van der Waals surface area contributed by atoms with Crippen molar-refractivity contribution in [2.45, 2.75) is 25.0 Å². The van der Waals surface area contributed by atoms with Gasteiger partial charge in [-0.1, -0.05) is 24.3 Å². The van der Waals surface area contributed by atoms with Crippen LogP contribution in [0, 0.1) is 0 Å². The molecule has 0 aliphatic carbocycles. The molecule has 1 aliphatic rings. The summed E-state index contributed by atoms with van der Waals surface area (Å²) in [6.07, 6.45) is 0.184. The van der Waals surface area contributed by atoms with Gasteiger partial charge in [0.05, 0.1) is 31.8 Å². The molecule has 2 atom stereocenters. The Morgan fingerprint density at radius 3 is 2.96 bits per heavy atom. The predicted molar refractivity (Wildman–Crippen MR) is 94.8 cm³/mol. The highest BCUT2D eigenvalue weighted by atomic mass is 32.1. The Labute approximate surface area is 145 Å². The SMILES string of the molecule is Nc1ccccc1CC(=O)N1CCOCC1CC(O)c1cccs1. The molecule has 0 bridgehead atoms. The van der Waals surface area contributed by atoms with Crippen molar-refractivity contribution in [1.82, 2.24) is 4.90 Å². The second-order valence-corrected chi connectivity index (χ2v) is 6.94. The van der Waals surface area contributed by atoms with Gasteiger partial charge < -0.3 is 20.5 Å². The van der Waals surface area contributed by atoms with Crippen LogP contribution >= 0.6 is 11.3 Å². The van der Waals surface area contributed by atoms with Crippen LogP contribution in [0.4, 0.5) is 5.69 Å². The van der Waals surface area contributed by atoms with Gasteiger partial charge in [0.2, 0.25) is 5.91 Å². The molecule has 3 rings (SSSR count). The molecule has 0 radical (unpaired) electrons. The minimum absolute atomic E-state index is 0.0274. The van der Waals surface area contributed by atoms with Gasteiger partial charge in [-0.05, 0) is 23.1 Å². The number of anilines is 1. The number of carbonyl (C=O) groups is 1. The number of thiophene rings is 1. The first kappa shape index (κ1) is 17.0. The zero-order valence-corrected chi connectivity index (χ0v) is 14.2. The number of morpholine rings is 1. The Kier molecular flexibility index (Phi) is 5.50. The number of hydrogen-bond donors (Lipinski definition) is 2. The number of aliphatic hydroxyl groups excluding tert-OH is 1. The van der Waals surface area contributed by atoms with Gasteiger partial charge in [0.1, 0.15) is 0 Å². The summed E-state index contributed by atoms with van der Waals surface area (Å²) in [7, 11) is 0. The molecule has 3 N–H and O–H groups in total. The molecule has 2 heterocycles. The molecule has 128 valence electrons. The summed E-state index contributed by atoms with van der Waals surface area (Å²) < 4.78 is 5.53. The number of rotatable bonds is 5. The number of para-hydroxylation sites is 1. The van der Waals surface area contributed by atoms with Crippen molar-refractivity contribution in [3.05, 3.63) is 52.2 Å². The lowest BCUT2D eigenvalue weighted by Gasteiger charge is -2.36. The third kappa shape index (κ3) is 3.95. The predicted octanol–water partition coefficient (Wildman–Crippen LogP) is 2.22. The standard InChI is InChI=1S/C18H22N2O3S/c19-15-5-2-1-4-13(15)10-18(22)20-7-8-23-12-14(20)11-16(21)17-6-3-9-24-17/h1-6,9,14,16,21H,7-8,10-12,19H2. The number of ether oxygens (including phenoxy) is 1. The van der Waals surface area contributed by atoms with E-state index in [0.717, 1.165) is 10.4 Å². The summed E-state index contributed by atoms with van der Waals surface area (Å²) in [5.41, 5.74) is 7.42. The van der Waals surface area contributed by atoms with Gasteiger partial charge in [0.15, 0.2) is 0 Å². The molecule has 24 heavy (non-hydrogen) atoms. The monoisotopic (exact) mass is 346 g/mol. The number of nitrogen functional groups attached to an aromatic ring is 1. The fraction of sp³-hybridized carbons (Fsp3) is 0.389. The van der Waals surface area contributed by atoms with Gasteiger partial charge in [-0.25, -0.2) is 0 Å². The molecule has 0 spiro atoms. The second kappa shape index (κ2) is 7.79. The minimum atomic E-state index is -0.575. The van der Waals surface area contributed by atoms with Crippen LogP contribution in [-0.4, -0.2) is 41.7 Å². The molecule has 1 amide bonds. The van der Waals surface area contributed by atoms with Crippen molar-refractivity contribution in [2.75, 3.05) is 25.5 Å². The van der Waals surface area contributed by atoms with Crippen LogP contribution < -0.4 is 5.73 Å². The highest BCUT2D eigenvalue weighted by Crippen LogP contribution is 2.26. The van der Waals surface area contributed by atoms with E-state index in [1.165, 1.54) is 11.3 Å². The maximum atomic E-state index is 12.7. The first-order valence-corrected chi connectivity index (χ1v) is 8.95. The first-order valence-electron chi connectivity index (χ1n) is 8.07. The largest absolute Gasteiger partial charge is 0.398 e. The number of nitrogens with two attached hydrogens (primary N) is 1. The van der Waals surface area contributed by atoms with Crippen molar-refractivity contribution >= 4 is 22.9 Å². The molecule has 6 heteroatoms. The van der Waals surface area contributed by atoms with Crippen LogP contribution in [-0.2, 0) is 16.0 Å². The van der Waals surface area contributed by atoms with Gasteiger partial charge in [0.25, 0.3) is 0 Å². The summed E-state index contributed by atoms with van der Waals surface area (Å²) in [4.78, 5) is 15.5. The molecule has 1 saturated heterocycles. The molecular formula is C18H22N2O3S. The molecule has 1 aromatic heterocycles. The molecular weight excluding hydrogens is 324 g/mol. The normalized spacial score (nSPS) is 19.2. The lowest BCUT2D eigenvalue weighted by atomic mass is 10.0. The summed E-state index contributed by atoms with van der Waals surface area (Å²) in [6.45, 7) is 1.54. The van der Waals surface area contributed by atoms with Crippen LogP contribution in [0.15, 0.2) is 41.8 Å². The van der Waals surface area contributed by atoms with E-state index in [0.29, 0.717) is 31.9 Å².